The van der Waals surface area contributed by atoms with Crippen molar-refractivity contribution in [3.05, 3.63) is 29.8 Å². The normalized spacial score (nSPS) is 28.8. The highest BCUT2D eigenvalue weighted by Gasteiger charge is 2.30. The van der Waals surface area contributed by atoms with Crippen molar-refractivity contribution < 1.29 is 23.0 Å². The number of benzene rings is 1. The predicted molar refractivity (Wildman–Crippen MR) is 117 cm³/mol. The first kappa shape index (κ1) is 23.5. The van der Waals surface area contributed by atoms with Crippen LogP contribution in [0.2, 0.25) is 0 Å². The van der Waals surface area contributed by atoms with Crippen LogP contribution in [0.3, 0.4) is 0 Å². The van der Waals surface area contributed by atoms with Gasteiger partial charge in [0.05, 0.1) is 25.6 Å². The van der Waals surface area contributed by atoms with Crippen LogP contribution in [-0.4, -0.2) is 63.8 Å². The Morgan fingerprint density at radius 1 is 1.20 bits per heavy atom. The molecule has 2 fully saturated rings. The number of aliphatic hydroxyl groups is 1. The third-order valence-corrected chi connectivity index (χ3v) is 6.81. The Hall–Kier alpha value is -1.19. The van der Waals surface area contributed by atoms with Crippen molar-refractivity contribution in [2.75, 3.05) is 26.0 Å². The maximum Gasteiger partial charge on any atom is 0.209 e. The van der Waals surface area contributed by atoms with Crippen molar-refractivity contribution in [2.45, 2.75) is 75.7 Å². The van der Waals surface area contributed by atoms with Gasteiger partial charge < -0.3 is 19.9 Å². The largest absolute Gasteiger partial charge is 0.488 e. The van der Waals surface area contributed by atoms with E-state index in [4.69, 9.17) is 9.47 Å². The van der Waals surface area contributed by atoms with Crippen molar-refractivity contribution >= 4 is 10.0 Å². The van der Waals surface area contributed by atoms with Crippen LogP contribution in [0.5, 0.6) is 5.75 Å². The standard InChI is InChI=1S/C22H36N2O5S/c1-16(14-25)29-22-8-4-3-6-19(22)17-9-11-18(12-10-17)28-15-21-20(7-5-13-23-21)24-30(2,26)27/h3-4,6,8,16-18,20-21,23-25H,5,7,9-15H2,1-2H3/t16-,17?,18?,20+,21+/m1/s1. The van der Waals surface area contributed by atoms with Crippen molar-refractivity contribution in [1.29, 1.82) is 0 Å². The van der Waals surface area contributed by atoms with E-state index in [1.54, 1.807) is 0 Å². The Morgan fingerprint density at radius 3 is 2.63 bits per heavy atom. The van der Waals surface area contributed by atoms with Crippen molar-refractivity contribution in [3.8, 4) is 5.75 Å². The van der Waals surface area contributed by atoms with E-state index in [0.717, 1.165) is 50.8 Å². The summed E-state index contributed by atoms with van der Waals surface area (Å²) < 4.78 is 38.1. The second-order valence-electron chi connectivity index (χ2n) is 8.66. The Morgan fingerprint density at radius 2 is 1.93 bits per heavy atom. The van der Waals surface area contributed by atoms with Gasteiger partial charge in [-0.05, 0) is 69.5 Å². The van der Waals surface area contributed by atoms with Crippen LogP contribution >= 0.6 is 0 Å². The summed E-state index contributed by atoms with van der Waals surface area (Å²) in [7, 11) is -3.23. The molecule has 0 amide bonds. The maximum atomic E-state index is 11.6. The zero-order valence-electron chi connectivity index (χ0n) is 18.0. The molecule has 1 saturated carbocycles. The number of hydrogen-bond donors (Lipinski definition) is 3. The van der Waals surface area contributed by atoms with Crippen LogP contribution in [0.4, 0.5) is 0 Å². The summed E-state index contributed by atoms with van der Waals surface area (Å²) in [6.07, 6.45) is 7.01. The molecule has 1 aromatic carbocycles. The summed E-state index contributed by atoms with van der Waals surface area (Å²) in [5, 5.41) is 12.7. The summed E-state index contributed by atoms with van der Waals surface area (Å²) in [4.78, 5) is 0. The smallest absolute Gasteiger partial charge is 0.209 e. The molecular formula is C22H36N2O5S. The van der Waals surface area contributed by atoms with Crippen molar-refractivity contribution in [2.24, 2.45) is 0 Å². The van der Waals surface area contributed by atoms with Gasteiger partial charge >= 0.3 is 0 Å². The number of hydrogen-bond acceptors (Lipinski definition) is 6. The quantitative estimate of drug-likeness (QED) is 0.545. The number of nitrogens with one attached hydrogen (secondary N) is 2. The van der Waals surface area contributed by atoms with Gasteiger partial charge in [-0.3, -0.25) is 0 Å². The van der Waals surface area contributed by atoms with E-state index in [-0.39, 0.29) is 30.9 Å². The molecule has 1 aromatic rings. The number of piperidine rings is 1. The molecule has 3 rings (SSSR count). The first-order valence-electron chi connectivity index (χ1n) is 11.0. The molecule has 30 heavy (non-hydrogen) atoms. The molecule has 170 valence electrons. The summed E-state index contributed by atoms with van der Waals surface area (Å²) in [5.74, 6) is 1.30. The van der Waals surface area contributed by atoms with Gasteiger partial charge in [0.25, 0.3) is 0 Å². The van der Waals surface area contributed by atoms with Crippen LogP contribution in [-0.2, 0) is 14.8 Å². The number of aliphatic hydroxyl groups excluding tert-OH is 1. The van der Waals surface area contributed by atoms with Crippen LogP contribution in [0, 0.1) is 0 Å². The van der Waals surface area contributed by atoms with Gasteiger partial charge in [0.1, 0.15) is 11.9 Å². The van der Waals surface area contributed by atoms with Gasteiger partial charge in [0.2, 0.25) is 10.0 Å². The second kappa shape index (κ2) is 10.9. The Labute approximate surface area is 180 Å². The van der Waals surface area contributed by atoms with Gasteiger partial charge in [0.15, 0.2) is 0 Å². The Kier molecular flexibility index (Phi) is 8.53. The third kappa shape index (κ3) is 6.92. The summed E-state index contributed by atoms with van der Waals surface area (Å²) >= 11 is 0. The maximum absolute atomic E-state index is 11.6. The van der Waals surface area contributed by atoms with Crippen LogP contribution in [0.1, 0.15) is 56.9 Å². The predicted octanol–water partition coefficient (Wildman–Crippen LogP) is 2.16. The summed E-state index contributed by atoms with van der Waals surface area (Å²) in [6.45, 7) is 3.29. The average Bonchev–Trinajstić information content (AvgIpc) is 2.73. The molecule has 0 aromatic heterocycles. The first-order chi connectivity index (χ1) is 14.4. The molecule has 0 unspecified atom stereocenters. The van der Waals surface area contributed by atoms with E-state index in [1.165, 1.54) is 11.8 Å². The van der Waals surface area contributed by atoms with E-state index < -0.39 is 10.0 Å². The van der Waals surface area contributed by atoms with E-state index in [9.17, 15) is 13.5 Å². The lowest BCUT2D eigenvalue weighted by Crippen LogP contribution is -2.55. The fourth-order valence-electron chi connectivity index (χ4n) is 4.50. The molecular weight excluding hydrogens is 404 g/mol. The zero-order chi connectivity index (χ0) is 21.6. The van der Waals surface area contributed by atoms with E-state index in [2.05, 4.69) is 16.1 Å². The molecule has 3 N–H and O–H groups in total. The van der Waals surface area contributed by atoms with Crippen LogP contribution < -0.4 is 14.8 Å². The van der Waals surface area contributed by atoms with Gasteiger partial charge in [-0.1, -0.05) is 18.2 Å². The summed E-state index contributed by atoms with van der Waals surface area (Å²) in [6, 6.07) is 8.02. The second-order valence-corrected chi connectivity index (χ2v) is 10.4. The highest BCUT2D eigenvalue weighted by Crippen LogP contribution is 2.38. The highest BCUT2D eigenvalue weighted by atomic mass is 32.2. The van der Waals surface area contributed by atoms with Gasteiger partial charge in [-0.15, -0.1) is 0 Å². The summed E-state index contributed by atoms with van der Waals surface area (Å²) in [5.41, 5.74) is 1.21. The molecule has 1 aliphatic carbocycles. The molecule has 1 saturated heterocycles. The van der Waals surface area contributed by atoms with Gasteiger partial charge in [-0.2, -0.15) is 0 Å². The molecule has 3 atom stereocenters. The fourth-order valence-corrected chi connectivity index (χ4v) is 5.34. The SMILES string of the molecule is C[C@H](CO)Oc1ccccc1C1CCC(OC[C@@H]2NCCC[C@@H]2NS(C)(=O)=O)CC1. The monoisotopic (exact) mass is 440 g/mol. The molecule has 8 heteroatoms. The molecule has 0 spiro atoms. The van der Waals surface area contributed by atoms with Gasteiger partial charge in [-0.25, -0.2) is 13.1 Å². The lowest BCUT2D eigenvalue weighted by Gasteiger charge is -2.35. The highest BCUT2D eigenvalue weighted by molar-refractivity contribution is 7.88. The number of para-hydroxylation sites is 1. The minimum atomic E-state index is -3.23. The van der Waals surface area contributed by atoms with E-state index >= 15 is 0 Å². The molecule has 0 bridgehead atoms. The first-order valence-corrected chi connectivity index (χ1v) is 12.9. The van der Waals surface area contributed by atoms with E-state index in [0.29, 0.717) is 12.5 Å². The number of rotatable bonds is 9. The molecule has 0 radical (unpaired) electrons. The zero-order valence-corrected chi connectivity index (χ0v) is 18.9. The van der Waals surface area contributed by atoms with Crippen molar-refractivity contribution in [1.82, 2.24) is 10.0 Å². The minimum Gasteiger partial charge on any atom is -0.488 e. The molecule has 1 aliphatic heterocycles. The average molecular weight is 441 g/mol. The lowest BCUT2D eigenvalue weighted by atomic mass is 9.82. The third-order valence-electron chi connectivity index (χ3n) is 6.08. The van der Waals surface area contributed by atoms with Crippen molar-refractivity contribution in [3.63, 3.8) is 0 Å². The number of sulfonamides is 1. The van der Waals surface area contributed by atoms with Crippen LogP contribution in [0.25, 0.3) is 0 Å². The topological polar surface area (TPSA) is 96.9 Å². The molecule has 2 aliphatic rings. The number of ether oxygens (including phenoxy) is 2. The Balaban J connectivity index is 1.50. The van der Waals surface area contributed by atoms with Crippen LogP contribution in [0.15, 0.2) is 24.3 Å². The molecule has 7 nitrogen and oxygen atoms in total. The molecule has 1 heterocycles. The minimum absolute atomic E-state index is 0.000694. The fraction of sp³-hybridized carbons (Fsp3) is 0.727. The Bertz CT molecular complexity index is 765. The van der Waals surface area contributed by atoms with Gasteiger partial charge in [0, 0.05) is 12.1 Å². The van der Waals surface area contributed by atoms with E-state index in [1.807, 2.05) is 25.1 Å². The lowest BCUT2D eigenvalue weighted by molar-refractivity contribution is 0.00501.